The van der Waals surface area contributed by atoms with Crippen LogP contribution in [0.2, 0.25) is 0 Å². The molecule has 0 aromatic heterocycles. The highest BCUT2D eigenvalue weighted by Gasteiger charge is 2.31. The van der Waals surface area contributed by atoms with Crippen LogP contribution in [-0.4, -0.2) is 37.1 Å². The normalized spacial score (nSPS) is 17.5. The summed E-state index contributed by atoms with van der Waals surface area (Å²) < 4.78 is 41.0. The number of nitrogens with zero attached hydrogens (tertiary/aromatic N) is 1. The van der Waals surface area contributed by atoms with Crippen molar-refractivity contribution in [2.24, 2.45) is 0 Å². The summed E-state index contributed by atoms with van der Waals surface area (Å²) in [5.41, 5.74) is 4.15. The number of hydrogen-bond acceptors (Lipinski definition) is 4. The van der Waals surface area contributed by atoms with Crippen LogP contribution >= 0.6 is 0 Å². The van der Waals surface area contributed by atoms with Crippen molar-refractivity contribution in [2.45, 2.75) is 37.1 Å². The lowest BCUT2D eigenvalue weighted by Crippen LogP contribution is -2.42. The topological polar surface area (TPSA) is 95.6 Å². The van der Waals surface area contributed by atoms with Gasteiger partial charge in [-0.3, -0.25) is 20.4 Å². The van der Waals surface area contributed by atoms with Gasteiger partial charge in [-0.05, 0) is 50.1 Å². The number of amides is 2. The number of rotatable bonds is 4. The fraction of sp³-hybridized carbons (Fsp3) is 0.300. The Kier molecular flexibility index (Phi) is 6.29. The second-order valence-electron chi connectivity index (χ2n) is 6.88. The third-order valence-corrected chi connectivity index (χ3v) is 6.86. The molecule has 29 heavy (non-hydrogen) atoms. The molecule has 154 valence electrons. The van der Waals surface area contributed by atoms with E-state index in [4.69, 9.17) is 0 Å². The zero-order valence-corrected chi connectivity index (χ0v) is 16.7. The van der Waals surface area contributed by atoms with Crippen molar-refractivity contribution in [3.05, 3.63) is 65.5 Å². The first-order valence-corrected chi connectivity index (χ1v) is 10.7. The summed E-state index contributed by atoms with van der Waals surface area (Å²) in [7, 11) is -3.73. The SMILES string of the molecule is C[C@@H]1CCCCN1S(=O)(=O)c1cccc(C(=O)NNC(=O)c2ccccc2F)c1. The van der Waals surface area contributed by atoms with Gasteiger partial charge in [-0.2, -0.15) is 4.31 Å². The van der Waals surface area contributed by atoms with E-state index >= 15 is 0 Å². The van der Waals surface area contributed by atoms with E-state index in [1.54, 1.807) is 0 Å². The smallest absolute Gasteiger partial charge is 0.267 e. The molecule has 0 aliphatic carbocycles. The number of halogens is 1. The number of carbonyl (C=O) groups is 2. The second-order valence-corrected chi connectivity index (χ2v) is 8.77. The number of sulfonamides is 1. The zero-order chi connectivity index (χ0) is 21.0. The van der Waals surface area contributed by atoms with E-state index in [0.717, 1.165) is 25.3 Å². The fourth-order valence-electron chi connectivity index (χ4n) is 3.26. The molecule has 2 aromatic carbocycles. The molecular weight excluding hydrogens is 397 g/mol. The minimum atomic E-state index is -3.73. The van der Waals surface area contributed by atoms with Gasteiger partial charge in [0.15, 0.2) is 0 Å². The third-order valence-electron chi connectivity index (χ3n) is 4.85. The average Bonchev–Trinajstić information content (AvgIpc) is 2.72. The maximum atomic E-state index is 13.6. The van der Waals surface area contributed by atoms with Gasteiger partial charge in [-0.25, -0.2) is 12.8 Å². The van der Waals surface area contributed by atoms with Crippen LogP contribution < -0.4 is 10.9 Å². The van der Waals surface area contributed by atoms with Crippen LogP contribution in [0.4, 0.5) is 4.39 Å². The third kappa shape index (κ3) is 4.63. The van der Waals surface area contributed by atoms with Gasteiger partial charge in [-0.1, -0.05) is 24.6 Å². The predicted molar refractivity (Wildman–Crippen MR) is 105 cm³/mol. The molecule has 0 bridgehead atoms. The molecule has 2 aromatic rings. The molecule has 1 saturated heterocycles. The first kappa shape index (κ1) is 20.9. The standard InChI is InChI=1S/C20H22FN3O4S/c1-14-7-4-5-12-24(14)29(27,28)16-9-6-8-15(13-16)19(25)22-23-20(26)17-10-2-3-11-18(17)21/h2-3,6,8-11,13-14H,4-5,7,12H2,1H3,(H,22,25)(H,23,26)/t14-/m1/s1. The van der Waals surface area contributed by atoms with E-state index in [1.807, 2.05) is 6.92 Å². The molecule has 2 N–H and O–H groups in total. The Balaban J connectivity index is 1.72. The van der Waals surface area contributed by atoms with Crippen LogP contribution in [0, 0.1) is 5.82 Å². The second kappa shape index (κ2) is 8.71. The van der Waals surface area contributed by atoms with Gasteiger partial charge in [-0.15, -0.1) is 0 Å². The van der Waals surface area contributed by atoms with Crippen molar-refractivity contribution < 1.29 is 22.4 Å². The largest absolute Gasteiger partial charge is 0.272 e. The van der Waals surface area contributed by atoms with E-state index in [1.165, 1.54) is 46.8 Å². The number of benzene rings is 2. The molecule has 1 atom stereocenters. The van der Waals surface area contributed by atoms with Gasteiger partial charge in [0.25, 0.3) is 11.8 Å². The highest BCUT2D eigenvalue weighted by molar-refractivity contribution is 7.89. The molecule has 0 unspecified atom stereocenters. The summed E-state index contributed by atoms with van der Waals surface area (Å²) in [5.74, 6) is -2.25. The van der Waals surface area contributed by atoms with Gasteiger partial charge < -0.3 is 0 Å². The van der Waals surface area contributed by atoms with Crippen LogP contribution in [0.5, 0.6) is 0 Å². The Morgan fingerprint density at radius 2 is 1.76 bits per heavy atom. The van der Waals surface area contributed by atoms with Crippen LogP contribution in [0.1, 0.15) is 46.9 Å². The van der Waals surface area contributed by atoms with Crippen molar-refractivity contribution in [3.63, 3.8) is 0 Å². The molecule has 0 saturated carbocycles. The summed E-state index contributed by atoms with van der Waals surface area (Å²) in [5, 5.41) is 0. The Hall–Kier alpha value is -2.78. The average molecular weight is 419 g/mol. The summed E-state index contributed by atoms with van der Waals surface area (Å²) in [6.45, 7) is 2.31. The predicted octanol–water partition coefficient (Wildman–Crippen LogP) is 2.46. The summed E-state index contributed by atoms with van der Waals surface area (Å²) in [6.07, 6.45) is 2.57. The van der Waals surface area contributed by atoms with Crippen LogP contribution in [-0.2, 0) is 10.0 Å². The maximum absolute atomic E-state index is 13.6. The number of carbonyl (C=O) groups excluding carboxylic acids is 2. The summed E-state index contributed by atoms with van der Waals surface area (Å²) >= 11 is 0. The van der Waals surface area contributed by atoms with Gasteiger partial charge in [0.05, 0.1) is 10.5 Å². The number of hydrazine groups is 1. The number of piperidine rings is 1. The molecule has 2 amide bonds. The minimum absolute atomic E-state index is 0.0133. The molecule has 3 rings (SSSR count). The molecule has 1 fully saturated rings. The summed E-state index contributed by atoms with van der Waals surface area (Å²) in [6, 6.07) is 10.9. The van der Waals surface area contributed by atoms with Crippen molar-refractivity contribution in [1.82, 2.24) is 15.2 Å². The molecule has 9 heteroatoms. The maximum Gasteiger partial charge on any atom is 0.272 e. The zero-order valence-electron chi connectivity index (χ0n) is 15.9. The highest BCUT2D eigenvalue weighted by Crippen LogP contribution is 2.25. The van der Waals surface area contributed by atoms with Gasteiger partial charge in [0.1, 0.15) is 5.82 Å². The fourth-order valence-corrected chi connectivity index (χ4v) is 5.01. The Bertz CT molecular complexity index is 1030. The monoisotopic (exact) mass is 419 g/mol. The van der Waals surface area contributed by atoms with Crippen molar-refractivity contribution in [3.8, 4) is 0 Å². The van der Waals surface area contributed by atoms with E-state index in [9.17, 15) is 22.4 Å². The van der Waals surface area contributed by atoms with Crippen LogP contribution in [0.3, 0.4) is 0 Å². The van der Waals surface area contributed by atoms with E-state index < -0.39 is 27.7 Å². The van der Waals surface area contributed by atoms with Gasteiger partial charge in [0.2, 0.25) is 10.0 Å². The van der Waals surface area contributed by atoms with Crippen molar-refractivity contribution in [2.75, 3.05) is 6.54 Å². The van der Waals surface area contributed by atoms with Crippen LogP contribution in [0.25, 0.3) is 0 Å². The lowest BCUT2D eigenvalue weighted by molar-refractivity contribution is 0.0844. The number of nitrogens with one attached hydrogen (secondary N) is 2. The molecule has 7 nitrogen and oxygen atoms in total. The Labute approximate surface area is 168 Å². The van der Waals surface area contributed by atoms with Crippen molar-refractivity contribution >= 4 is 21.8 Å². The molecule has 1 aliphatic rings. The van der Waals surface area contributed by atoms with E-state index in [-0.39, 0.29) is 22.1 Å². The first-order valence-electron chi connectivity index (χ1n) is 9.28. The van der Waals surface area contributed by atoms with Gasteiger partial charge in [0, 0.05) is 18.2 Å². The minimum Gasteiger partial charge on any atom is -0.267 e. The molecular formula is C20H22FN3O4S. The molecule has 0 radical (unpaired) electrons. The lowest BCUT2D eigenvalue weighted by atomic mass is 10.1. The Morgan fingerprint density at radius 1 is 1.03 bits per heavy atom. The van der Waals surface area contributed by atoms with Gasteiger partial charge >= 0.3 is 0 Å². The van der Waals surface area contributed by atoms with E-state index in [2.05, 4.69) is 10.9 Å². The molecule has 1 heterocycles. The van der Waals surface area contributed by atoms with E-state index in [0.29, 0.717) is 6.54 Å². The molecule has 0 spiro atoms. The quantitative estimate of drug-likeness (QED) is 0.745. The van der Waals surface area contributed by atoms with Crippen LogP contribution in [0.15, 0.2) is 53.4 Å². The molecule has 1 aliphatic heterocycles. The first-order chi connectivity index (χ1) is 13.8. The highest BCUT2D eigenvalue weighted by atomic mass is 32.2. The summed E-state index contributed by atoms with van der Waals surface area (Å²) in [4.78, 5) is 24.4. The Morgan fingerprint density at radius 3 is 2.48 bits per heavy atom. The van der Waals surface area contributed by atoms with Crippen molar-refractivity contribution in [1.29, 1.82) is 0 Å². The lowest BCUT2D eigenvalue weighted by Gasteiger charge is -2.32. The number of hydrogen-bond donors (Lipinski definition) is 2.